The number of aromatic amines is 1. The van der Waals surface area contributed by atoms with Gasteiger partial charge in [-0.25, -0.2) is 8.42 Å². The molecule has 2 rings (SSSR count). The second-order valence-electron chi connectivity index (χ2n) is 4.55. The van der Waals surface area contributed by atoms with Crippen LogP contribution in [-0.4, -0.2) is 32.2 Å². The van der Waals surface area contributed by atoms with Crippen molar-refractivity contribution >= 4 is 32.6 Å². The fourth-order valence-corrected chi connectivity index (χ4v) is 2.31. The van der Waals surface area contributed by atoms with Gasteiger partial charge in [0.1, 0.15) is 0 Å². The maximum absolute atomic E-state index is 11.0. The summed E-state index contributed by atoms with van der Waals surface area (Å²) in [4.78, 5) is 13.0. The van der Waals surface area contributed by atoms with Crippen LogP contribution >= 0.6 is 0 Å². The van der Waals surface area contributed by atoms with E-state index in [4.69, 9.17) is 0 Å². The molecule has 0 spiro atoms. The number of aryl methyl sites for hydroxylation is 1. The van der Waals surface area contributed by atoms with Gasteiger partial charge >= 0.3 is 5.97 Å². The Morgan fingerprint density at radius 3 is 2.48 bits per heavy atom. The molecule has 0 aliphatic carbocycles. The smallest absolute Gasteiger partial charge is 0.302 e. The van der Waals surface area contributed by atoms with Gasteiger partial charge in [0.25, 0.3) is 0 Å². The van der Waals surface area contributed by atoms with Crippen molar-refractivity contribution in [2.24, 2.45) is 0 Å². The van der Waals surface area contributed by atoms with Gasteiger partial charge in [-0.1, -0.05) is 0 Å². The van der Waals surface area contributed by atoms with Crippen molar-refractivity contribution in [2.75, 3.05) is 17.6 Å². The van der Waals surface area contributed by atoms with E-state index in [1.807, 2.05) is 19.1 Å². The number of hydrogen-bond acceptors (Lipinski definition) is 4. The number of esters is 1. The van der Waals surface area contributed by atoms with E-state index in [0.29, 0.717) is 12.3 Å². The fraction of sp³-hybridized carbons (Fsp3) is 0.357. The third-order valence-electron chi connectivity index (χ3n) is 2.41. The average molecular weight is 312 g/mol. The van der Waals surface area contributed by atoms with E-state index in [9.17, 15) is 13.2 Å². The van der Waals surface area contributed by atoms with Gasteiger partial charge < -0.3 is 9.72 Å². The lowest BCUT2D eigenvalue weighted by Gasteiger charge is -2.02. The number of anilines is 1. The molecule has 0 bridgehead atoms. The summed E-state index contributed by atoms with van der Waals surface area (Å²) in [5.74, 6) is -0.211. The van der Waals surface area contributed by atoms with E-state index >= 15 is 0 Å². The summed E-state index contributed by atoms with van der Waals surface area (Å²) in [5.41, 5.74) is 2.65. The second kappa shape index (κ2) is 7.12. The molecule has 6 nitrogen and oxygen atoms in total. The number of benzene rings is 1. The van der Waals surface area contributed by atoms with Crippen LogP contribution in [0.25, 0.3) is 10.9 Å². The molecule has 0 fully saturated rings. The monoisotopic (exact) mass is 312 g/mol. The number of nitrogens with one attached hydrogen (secondary N) is 2. The van der Waals surface area contributed by atoms with Gasteiger partial charge in [0.15, 0.2) is 0 Å². The molecule has 1 heterocycles. The first-order chi connectivity index (χ1) is 9.71. The number of sulfonamides is 1. The number of fused-ring (bicyclic) bond motifs is 1. The van der Waals surface area contributed by atoms with Crippen LogP contribution in [-0.2, 0) is 19.6 Å². The van der Waals surface area contributed by atoms with Crippen molar-refractivity contribution in [1.29, 1.82) is 0 Å². The van der Waals surface area contributed by atoms with Crippen molar-refractivity contribution in [3.63, 3.8) is 0 Å². The molecule has 1 aromatic carbocycles. The van der Waals surface area contributed by atoms with Crippen LogP contribution in [0.2, 0.25) is 0 Å². The number of rotatable bonds is 3. The molecule has 0 atom stereocenters. The Labute approximate surface area is 124 Å². The Kier molecular flexibility index (Phi) is 5.78. The highest BCUT2D eigenvalue weighted by atomic mass is 32.2. The predicted molar refractivity (Wildman–Crippen MR) is 83.8 cm³/mol. The maximum Gasteiger partial charge on any atom is 0.302 e. The molecule has 2 N–H and O–H groups in total. The predicted octanol–water partition coefficient (Wildman–Crippen LogP) is 2.42. The SMILES string of the molecule is CCOC(C)=O.Cc1cc2cc(NS(C)(=O)=O)ccc2[nH]1. The quantitative estimate of drug-likeness (QED) is 0.852. The first kappa shape index (κ1) is 17.0. The number of carbonyl (C=O) groups excluding carboxylic acids is 1. The Morgan fingerprint density at radius 1 is 1.33 bits per heavy atom. The molecule has 2 aromatic rings. The van der Waals surface area contributed by atoms with Crippen molar-refractivity contribution < 1.29 is 17.9 Å². The highest BCUT2D eigenvalue weighted by molar-refractivity contribution is 7.92. The highest BCUT2D eigenvalue weighted by Crippen LogP contribution is 2.20. The topological polar surface area (TPSA) is 88.3 Å². The minimum atomic E-state index is -3.20. The van der Waals surface area contributed by atoms with Crippen LogP contribution in [0, 0.1) is 6.92 Å². The van der Waals surface area contributed by atoms with Gasteiger partial charge in [0.2, 0.25) is 10.0 Å². The third-order valence-corrected chi connectivity index (χ3v) is 3.01. The summed E-state index contributed by atoms with van der Waals surface area (Å²) >= 11 is 0. The first-order valence-electron chi connectivity index (χ1n) is 6.42. The summed E-state index contributed by atoms with van der Waals surface area (Å²) in [7, 11) is -3.20. The van der Waals surface area contributed by atoms with E-state index in [0.717, 1.165) is 22.9 Å². The summed E-state index contributed by atoms with van der Waals surface area (Å²) in [5, 5.41) is 1.00. The summed E-state index contributed by atoms with van der Waals surface area (Å²) in [6.07, 6.45) is 1.14. The molecule has 0 aliphatic rings. The van der Waals surface area contributed by atoms with Crippen molar-refractivity contribution in [3.8, 4) is 0 Å². The highest BCUT2D eigenvalue weighted by Gasteiger charge is 2.03. The minimum Gasteiger partial charge on any atom is -0.466 e. The van der Waals surface area contributed by atoms with Gasteiger partial charge in [-0.15, -0.1) is 0 Å². The fourth-order valence-electron chi connectivity index (χ4n) is 1.76. The molecule has 0 radical (unpaired) electrons. The number of carbonyl (C=O) groups is 1. The molecule has 1 aromatic heterocycles. The van der Waals surface area contributed by atoms with E-state index in [1.54, 1.807) is 19.1 Å². The Morgan fingerprint density at radius 2 is 2.00 bits per heavy atom. The van der Waals surface area contributed by atoms with E-state index < -0.39 is 10.0 Å². The van der Waals surface area contributed by atoms with Crippen LogP contribution < -0.4 is 4.72 Å². The molecule has 0 aliphatic heterocycles. The third kappa shape index (κ3) is 6.31. The lowest BCUT2D eigenvalue weighted by Crippen LogP contribution is -2.09. The molecular formula is C14H20N2O4S. The number of H-pyrrole nitrogens is 1. The van der Waals surface area contributed by atoms with Crippen LogP contribution in [0.15, 0.2) is 24.3 Å². The van der Waals surface area contributed by atoms with Crippen LogP contribution in [0.3, 0.4) is 0 Å². The summed E-state index contributed by atoms with van der Waals surface area (Å²) in [6, 6.07) is 7.37. The molecule has 0 saturated carbocycles. The number of hydrogen-bond donors (Lipinski definition) is 2. The summed E-state index contributed by atoms with van der Waals surface area (Å²) < 4.78 is 28.9. The van der Waals surface area contributed by atoms with Crippen LogP contribution in [0.1, 0.15) is 19.5 Å². The standard InChI is InChI=1S/C10H12N2O2S.C4H8O2/c1-7-5-8-6-9(12-15(2,13)14)3-4-10(8)11-7;1-3-6-4(2)5/h3-6,11-12H,1-2H3;3H2,1-2H3. The lowest BCUT2D eigenvalue weighted by molar-refractivity contribution is -0.140. The van der Waals surface area contributed by atoms with Crippen LogP contribution in [0.4, 0.5) is 5.69 Å². The van der Waals surface area contributed by atoms with E-state index in [-0.39, 0.29) is 5.97 Å². The van der Waals surface area contributed by atoms with Crippen molar-refractivity contribution in [3.05, 3.63) is 30.0 Å². The van der Waals surface area contributed by atoms with Gasteiger partial charge in [-0.3, -0.25) is 9.52 Å². The molecule has 0 saturated heterocycles. The first-order valence-corrected chi connectivity index (χ1v) is 8.31. The molecule has 0 amide bonds. The Balaban J connectivity index is 0.000000315. The maximum atomic E-state index is 11.0. The van der Waals surface area contributed by atoms with Crippen molar-refractivity contribution in [2.45, 2.75) is 20.8 Å². The van der Waals surface area contributed by atoms with Crippen molar-refractivity contribution in [1.82, 2.24) is 4.98 Å². The lowest BCUT2D eigenvalue weighted by atomic mass is 10.2. The van der Waals surface area contributed by atoms with Gasteiger partial charge in [-0.2, -0.15) is 0 Å². The Hall–Kier alpha value is -2.02. The van der Waals surface area contributed by atoms with Gasteiger partial charge in [0, 0.05) is 29.2 Å². The van der Waals surface area contributed by atoms with Crippen LogP contribution in [0.5, 0.6) is 0 Å². The largest absolute Gasteiger partial charge is 0.466 e. The molecular weight excluding hydrogens is 292 g/mol. The summed E-state index contributed by atoms with van der Waals surface area (Å²) in [6.45, 7) is 5.61. The molecule has 7 heteroatoms. The van der Waals surface area contributed by atoms with Gasteiger partial charge in [0.05, 0.1) is 12.9 Å². The minimum absolute atomic E-state index is 0.211. The normalized spacial score (nSPS) is 10.7. The zero-order valence-corrected chi connectivity index (χ0v) is 13.4. The average Bonchev–Trinajstić information content (AvgIpc) is 2.66. The Bertz CT molecular complexity index is 720. The zero-order valence-electron chi connectivity index (χ0n) is 12.6. The molecule has 21 heavy (non-hydrogen) atoms. The van der Waals surface area contributed by atoms with E-state index in [2.05, 4.69) is 14.4 Å². The molecule has 116 valence electrons. The zero-order chi connectivity index (χ0) is 16.0. The molecule has 0 unspecified atom stereocenters. The van der Waals surface area contributed by atoms with Gasteiger partial charge in [-0.05, 0) is 38.1 Å². The second-order valence-corrected chi connectivity index (χ2v) is 6.30. The van der Waals surface area contributed by atoms with E-state index in [1.165, 1.54) is 6.92 Å². The number of ether oxygens (including phenoxy) is 1. The number of aromatic nitrogens is 1.